The van der Waals surface area contributed by atoms with E-state index in [1.807, 2.05) is 17.9 Å². The molecule has 1 atom stereocenters. The predicted molar refractivity (Wildman–Crippen MR) is 70.7 cm³/mol. The minimum atomic E-state index is 0.0433. The monoisotopic (exact) mass is 233 g/mol. The van der Waals surface area contributed by atoms with Crippen molar-refractivity contribution >= 4 is 0 Å². The minimum absolute atomic E-state index is 0.0433. The van der Waals surface area contributed by atoms with Crippen LogP contribution in [0.2, 0.25) is 0 Å². The Morgan fingerprint density at radius 3 is 2.76 bits per heavy atom. The van der Waals surface area contributed by atoms with Crippen LogP contribution in [0.1, 0.15) is 55.8 Å². The molecule has 1 aromatic rings. The Kier molecular flexibility index (Phi) is 4.00. The van der Waals surface area contributed by atoms with Crippen molar-refractivity contribution in [3.63, 3.8) is 0 Å². The van der Waals surface area contributed by atoms with Gasteiger partial charge in [0, 0.05) is 18.3 Å². The Hall–Kier alpha value is -1.09. The first-order chi connectivity index (χ1) is 8.20. The third kappa shape index (κ3) is 2.78. The van der Waals surface area contributed by atoms with Gasteiger partial charge < -0.3 is 5.73 Å². The lowest BCUT2D eigenvalue weighted by Gasteiger charge is -2.18. The van der Waals surface area contributed by atoms with Gasteiger partial charge in [0.2, 0.25) is 0 Å². The molecule has 0 fully saturated rings. The molecule has 0 aliphatic heterocycles. The molecule has 0 bridgehead atoms. The third-order valence-corrected chi connectivity index (χ3v) is 3.83. The number of hydrogen-bond acceptors (Lipinski definition) is 2. The van der Waals surface area contributed by atoms with Gasteiger partial charge in [-0.15, -0.1) is 0 Å². The highest BCUT2D eigenvalue weighted by atomic mass is 15.3. The number of hydrogen-bond donors (Lipinski definition) is 1. The van der Waals surface area contributed by atoms with Gasteiger partial charge in [-0.3, -0.25) is 4.68 Å². The fourth-order valence-corrected chi connectivity index (χ4v) is 2.52. The Morgan fingerprint density at radius 2 is 2.06 bits per heavy atom. The van der Waals surface area contributed by atoms with Crippen LogP contribution in [0, 0.1) is 6.92 Å². The second kappa shape index (κ2) is 5.50. The number of rotatable bonds is 2. The van der Waals surface area contributed by atoms with Crippen LogP contribution < -0.4 is 5.73 Å². The van der Waals surface area contributed by atoms with Gasteiger partial charge in [-0.25, -0.2) is 0 Å². The molecule has 0 aromatic carbocycles. The largest absolute Gasteiger partial charge is 0.320 e. The van der Waals surface area contributed by atoms with Gasteiger partial charge in [0.25, 0.3) is 0 Å². The molecule has 1 aliphatic rings. The molecule has 0 saturated heterocycles. The molecular weight excluding hydrogens is 210 g/mol. The average Bonchev–Trinajstić information content (AvgIpc) is 2.58. The lowest BCUT2D eigenvalue weighted by molar-refractivity contribution is 0.601. The predicted octanol–water partition coefficient (Wildman–Crippen LogP) is 3.01. The van der Waals surface area contributed by atoms with Crippen molar-refractivity contribution in [2.24, 2.45) is 12.8 Å². The zero-order chi connectivity index (χ0) is 12.3. The smallest absolute Gasteiger partial charge is 0.0544 e. The normalized spacial score (nSPS) is 19.4. The first-order valence-electron chi connectivity index (χ1n) is 6.63. The van der Waals surface area contributed by atoms with Gasteiger partial charge >= 0.3 is 0 Å². The van der Waals surface area contributed by atoms with Crippen LogP contribution in [-0.2, 0) is 7.05 Å². The van der Waals surface area contributed by atoms with E-state index in [-0.39, 0.29) is 6.04 Å². The van der Waals surface area contributed by atoms with E-state index in [0.717, 1.165) is 6.42 Å². The molecule has 1 aliphatic carbocycles. The lowest BCUT2D eigenvalue weighted by Crippen LogP contribution is -2.15. The molecule has 0 amide bonds. The zero-order valence-corrected chi connectivity index (χ0v) is 10.9. The van der Waals surface area contributed by atoms with Crippen LogP contribution >= 0.6 is 0 Å². The summed E-state index contributed by atoms with van der Waals surface area (Å²) in [5.74, 6) is 0. The number of aryl methyl sites for hydroxylation is 1. The van der Waals surface area contributed by atoms with Gasteiger partial charge in [0.05, 0.1) is 12.2 Å². The first kappa shape index (κ1) is 12.4. The summed E-state index contributed by atoms with van der Waals surface area (Å²) in [5, 5.41) is 4.28. The van der Waals surface area contributed by atoms with Crippen molar-refractivity contribution in [2.45, 2.75) is 51.5 Å². The van der Waals surface area contributed by atoms with Gasteiger partial charge in [-0.2, -0.15) is 5.10 Å². The molecule has 94 valence electrons. The van der Waals surface area contributed by atoms with Crippen LogP contribution in [0.15, 0.2) is 17.8 Å². The van der Waals surface area contributed by atoms with Crippen molar-refractivity contribution in [1.29, 1.82) is 0 Å². The molecule has 0 radical (unpaired) electrons. The summed E-state index contributed by atoms with van der Waals surface area (Å²) in [7, 11) is 1.97. The van der Waals surface area contributed by atoms with Crippen LogP contribution in [-0.4, -0.2) is 9.78 Å². The summed E-state index contributed by atoms with van der Waals surface area (Å²) in [4.78, 5) is 0. The second-order valence-corrected chi connectivity index (χ2v) is 5.02. The van der Waals surface area contributed by atoms with Gasteiger partial charge in [-0.1, -0.05) is 24.5 Å². The Morgan fingerprint density at radius 1 is 1.29 bits per heavy atom. The Labute approximate surface area is 104 Å². The number of nitrogens with two attached hydrogens (primary N) is 1. The molecule has 2 N–H and O–H groups in total. The fraction of sp³-hybridized carbons (Fsp3) is 0.643. The molecule has 2 rings (SSSR count). The number of nitrogens with zero attached hydrogens (tertiary/aromatic N) is 2. The van der Waals surface area contributed by atoms with Crippen molar-refractivity contribution in [3.05, 3.63) is 29.1 Å². The molecule has 0 spiro atoms. The van der Waals surface area contributed by atoms with E-state index in [0.29, 0.717) is 0 Å². The van der Waals surface area contributed by atoms with Crippen molar-refractivity contribution in [1.82, 2.24) is 9.78 Å². The van der Waals surface area contributed by atoms with E-state index < -0.39 is 0 Å². The second-order valence-electron chi connectivity index (χ2n) is 5.02. The number of allylic oxidation sites excluding steroid dienone is 1. The summed E-state index contributed by atoms with van der Waals surface area (Å²) in [6.45, 7) is 2.09. The Bertz CT molecular complexity index is 404. The van der Waals surface area contributed by atoms with Crippen molar-refractivity contribution in [3.8, 4) is 0 Å². The summed E-state index contributed by atoms with van der Waals surface area (Å²) in [6.07, 6.45) is 11.9. The first-order valence-corrected chi connectivity index (χ1v) is 6.63. The fourth-order valence-electron chi connectivity index (χ4n) is 2.52. The molecule has 3 nitrogen and oxygen atoms in total. The summed E-state index contributed by atoms with van der Waals surface area (Å²) in [5.41, 5.74) is 10.1. The van der Waals surface area contributed by atoms with E-state index in [9.17, 15) is 0 Å². The highest BCUT2D eigenvalue weighted by Crippen LogP contribution is 2.28. The van der Waals surface area contributed by atoms with E-state index in [1.165, 1.54) is 48.9 Å². The van der Waals surface area contributed by atoms with Crippen LogP contribution in [0.5, 0.6) is 0 Å². The van der Waals surface area contributed by atoms with Crippen LogP contribution in [0.3, 0.4) is 0 Å². The Balaban J connectivity index is 2.17. The standard InChI is InChI=1S/C14H23N3/c1-11-13(10-16-17(11)2)14(15)12-8-6-4-3-5-7-9-12/h8,10,14H,3-7,9,15H2,1-2H3. The SMILES string of the molecule is Cc1c(C(N)C2=CCCCCCC2)cnn1C. The summed E-state index contributed by atoms with van der Waals surface area (Å²) >= 11 is 0. The third-order valence-electron chi connectivity index (χ3n) is 3.83. The molecule has 1 aromatic heterocycles. The molecule has 3 heteroatoms. The molecule has 1 unspecified atom stereocenters. The van der Waals surface area contributed by atoms with E-state index in [2.05, 4.69) is 18.1 Å². The molecule has 17 heavy (non-hydrogen) atoms. The maximum absolute atomic E-state index is 6.38. The van der Waals surface area contributed by atoms with Crippen LogP contribution in [0.25, 0.3) is 0 Å². The number of aromatic nitrogens is 2. The highest BCUT2D eigenvalue weighted by Gasteiger charge is 2.17. The highest BCUT2D eigenvalue weighted by molar-refractivity contribution is 5.29. The van der Waals surface area contributed by atoms with E-state index >= 15 is 0 Å². The molecule has 0 saturated carbocycles. The average molecular weight is 233 g/mol. The minimum Gasteiger partial charge on any atom is -0.320 e. The summed E-state index contributed by atoms with van der Waals surface area (Å²) in [6, 6.07) is 0.0433. The summed E-state index contributed by atoms with van der Waals surface area (Å²) < 4.78 is 1.90. The quantitative estimate of drug-likeness (QED) is 0.798. The van der Waals surface area contributed by atoms with Gasteiger partial charge in [0.15, 0.2) is 0 Å². The van der Waals surface area contributed by atoms with E-state index in [1.54, 1.807) is 0 Å². The van der Waals surface area contributed by atoms with Gasteiger partial charge in [-0.05, 0) is 32.6 Å². The zero-order valence-electron chi connectivity index (χ0n) is 10.9. The molecular formula is C14H23N3. The van der Waals surface area contributed by atoms with E-state index in [4.69, 9.17) is 5.73 Å². The van der Waals surface area contributed by atoms with Gasteiger partial charge in [0.1, 0.15) is 0 Å². The maximum atomic E-state index is 6.38. The van der Waals surface area contributed by atoms with Crippen molar-refractivity contribution < 1.29 is 0 Å². The van der Waals surface area contributed by atoms with Crippen molar-refractivity contribution in [2.75, 3.05) is 0 Å². The topological polar surface area (TPSA) is 43.8 Å². The lowest BCUT2D eigenvalue weighted by atomic mass is 9.92. The van der Waals surface area contributed by atoms with Crippen LogP contribution in [0.4, 0.5) is 0 Å². The maximum Gasteiger partial charge on any atom is 0.0544 e. The molecule has 1 heterocycles.